The summed E-state index contributed by atoms with van der Waals surface area (Å²) in [6.07, 6.45) is 2.02. The lowest BCUT2D eigenvalue weighted by Crippen LogP contribution is -2.40. The largest absolute Gasteiger partial charge is 0.382 e. The molecule has 2 rings (SSSR count). The first-order valence-corrected chi connectivity index (χ1v) is 7.68. The Bertz CT molecular complexity index is 469. The van der Waals surface area contributed by atoms with E-state index in [-0.39, 0.29) is 12.0 Å². The number of hydrogen-bond acceptors (Lipinski definition) is 6. The molecule has 2 N–H and O–H groups in total. The Morgan fingerprint density at radius 1 is 1.55 bits per heavy atom. The Balaban J connectivity index is 2.08. The summed E-state index contributed by atoms with van der Waals surface area (Å²) in [6, 6.07) is 0. The molecule has 6 nitrogen and oxygen atoms in total. The molecule has 112 valence electrons. The lowest BCUT2D eigenvalue weighted by molar-refractivity contribution is 0.0354. The fourth-order valence-electron chi connectivity index (χ4n) is 2.21. The molecule has 0 saturated carbocycles. The molecule has 1 saturated heterocycles. The Kier molecular flexibility index (Phi) is 4.82. The Morgan fingerprint density at radius 3 is 2.75 bits per heavy atom. The summed E-state index contributed by atoms with van der Waals surface area (Å²) in [5, 5.41) is 0.792. The molecular formula is C13H22N4O2S. The first kappa shape index (κ1) is 15.1. The van der Waals surface area contributed by atoms with Gasteiger partial charge in [0.05, 0.1) is 6.10 Å². The van der Waals surface area contributed by atoms with Crippen LogP contribution in [0, 0.1) is 0 Å². The molecule has 0 spiro atoms. The number of rotatable bonds is 4. The topological polar surface area (TPSA) is 71.7 Å². The predicted molar refractivity (Wildman–Crippen MR) is 81.4 cm³/mol. The maximum absolute atomic E-state index is 12.5. The summed E-state index contributed by atoms with van der Waals surface area (Å²) in [7, 11) is 3.66. The zero-order valence-corrected chi connectivity index (χ0v) is 13.1. The van der Waals surface area contributed by atoms with Gasteiger partial charge in [0.15, 0.2) is 5.13 Å². The molecule has 0 unspecified atom stereocenters. The summed E-state index contributed by atoms with van der Waals surface area (Å²) in [5.41, 5.74) is 5.90. The van der Waals surface area contributed by atoms with Gasteiger partial charge in [-0.25, -0.2) is 4.98 Å². The van der Waals surface area contributed by atoms with Gasteiger partial charge in [-0.2, -0.15) is 0 Å². The molecule has 7 heteroatoms. The number of likely N-dealkylation sites (tertiary alicyclic amines) is 1. The number of methoxy groups -OCH3 is 1. The molecular weight excluding hydrogens is 276 g/mol. The van der Waals surface area contributed by atoms with E-state index >= 15 is 0 Å². The fourth-order valence-corrected chi connectivity index (χ4v) is 3.19. The quantitative estimate of drug-likeness (QED) is 0.910. The van der Waals surface area contributed by atoms with Crippen LogP contribution in [0.15, 0.2) is 0 Å². The van der Waals surface area contributed by atoms with Crippen LogP contribution in [0.1, 0.15) is 29.4 Å². The number of thiazole rings is 1. The van der Waals surface area contributed by atoms with E-state index in [0.717, 1.165) is 24.5 Å². The van der Waals surface area contributed by atoms with Crippen molar-refractivity contribution < 1.29 is 9.53 Å². The third-order valence-corrected chi connectivity index (χ3v) is 4.87. The summed E-state index contributed by atoms with van der Waals surface area (Å²) >= 11 is 1.37. The smallest absolute Gasteiger partial charge is 0.267 e. The number of ether oxygens (including phenoxy) is 1. The minimum Gasteiger partial charge on any atom is -0.382 e. The molecule has 20 heavy (non-hydrogen) atoms. The Hall–Kier alpha value is -1.34. The second-order valence-corrected chi connectivity index (χ2v) is 5.93. The van der Waals surface area contributed by atoms with Crippen molar-refractivity contribution in [1.29, 1.82) is 0 Å². The standard InChI is InChI=1S/C13H22N4O2S/c1-4-16(2)13-15-11(14)10(20-13)12(18)17-7-5-9(19-3)6-8-17/h9H,4-8,14H2,1-3H3. The van der Waals surface area contributed by atoms with Crippen molar-refractivity contribution in [2.24, 2.45) is 0 Å². The van der Waals surface area contributed by atoms with Crippen molar-refractivity contribution in [3.8, 4) is 0 Å². The van der Waals surface area contributed by atoms with E-state index in [1.165, 1.54) is 11.3 Å². The number of nitrogens with two attached hydrogens (primary N) is 1. The van der Waals surface area contributed by atoms with E-state index in [2.05, 4.69) is 4.98 Å². The van der Waals surface area contributed by atoms with Gasteiger partial charge in [0.2, 0.25) is 0 Å². The number of aromatic nitrogens is 1. The fraction of sp³-hybridized carbons (Fsp3) is 0.692. The van der Waals surface area contributed by atoms with Crippen LogP contribution >= 0.6 is 11.3 Å². The summed E-state index contributed by atoms with van der Waals surface area (Å²) < 4.78 is 5.32. The van der Waals surface area contributed by atoms with Crippen LogP contribution in [0.25, 0.3) is 0 Å². The monoisotopic (exact) mass is 298 g/mol. The predicted octanol–water partition coefficient (Wildman–Crippen LogP) is 1.43. The van der Waals surface area contributed by atoms with Gasteiger partial charge in [0.1, 0.15) is 10.7 Å². The molecule has 1 aromatic rings. The highest BCUT2D eigenvalue weighted by Gasteiger charge is 2.27. The van der Waals surface area contributed by atoms with E-state index < -0.39 is 0 Å². The Morgan fingerprint density at radius 2 is 2.20 bits per heavy atom. The van der Waals surface area contributed by atoms with Gasteiger partial charge in [-0.3, -0.25) is 4.79 Å². The first-order valence-electron chi connectivity index (χ1n) is 6.86. The van der Waals surface area contributed by atoms with Gasteiger partial charge in [0.25, 0.3) is 5.91 Å². The third kappa shape index (κ3) is 3.04. The van der Waals surface area contributed by atoms with Crippen molar-refractivity contribution in [1.82, 2.24) is 9.88 Å². The number of carbonyl (C=O) groups excluding carboxylic acids is 1. The van der Waals surface area contributed by atoms with Crippen LogP contribution < -0.4 is 10.6 Å². The van der Waals surface area contributed by atoms with Crippen molar-refractivity contribution in [3.63, 3.8) is 0 Å². The van der Waals surface area contributed by atoms with Crippen LogP contribution in [-0.2, 0) is 4.74 Å². The zero-order chi connectivity index (χ0) is 14.7. The Labute approximate surface area is 123 Å². The van der Waals surface area contributed by atoms with Gasteiger partial charge in [-0.15, -0.1) is 0 Å². The lowest BCUT2D eigenvalue weighted by atomic mass is 10.1. The number of hydrogen-bond donors (Lipinski definition) is 1. The van der Waals surface area contributed by atoms with E-state index in [0.29, 0.717) is 23.8 Å². The van der Waals surface area contributed by atoms with Crippen LogP contribution in [0.5, 0.6) is 0 Å². The van der Waals surface area contributed by atoms with Crippen LogP contribution in [0.3, 0.4) is 0 Å². The maximum Gasteiger partial charge on any atom is 0.267 e. The maximum atomic E-state index is 12.5. The normalized spacial score (nSPS) is 16.4. The van der Waals surface area contributed by atoms with Crippen LogP contribution in [0.4, 0.5) is 10.9 Å². The molecule has 0 radical (unpaired) electrons. The summed E-state index contributed by atoms with van der Waals surface area (Å²) in [5.74, 6) is 0.328. The molecule has 0 bridgehead atoms. The van der Waals surface area contributed by atoms with Gasteiger partial charge in [0, 0.05) is 33.8 Å². The highest BCUT2D eigenvalue weighted by Crippen LogP contribution is 2.29. The van der Waals surface area contributed by atoms with E-state index in [1.807, 2.05) is 23.8 Å². The number of piperidine rings is 1. The molecule has 2 heterocycles. The molecule has 1 aliphatic rings. The van der Waals surface area contributed by atoms with E-state index in [9.17, 15) is 4.79 Å². The molecule has 0 aromatic carbocycles. The molecule has 0 atom stereocenters. The summed E-state index contributed by atoms with van der Waals surface area (Å²) in [6.45, 7) is 4.30. The zero-order valence-electron chi connectivity index (χ0n) is 12.3. The van der Waals surface area contributed by atoms with E-state index in [4.69, 9.17) is 10.5 Å². The third-order valence-electron chi connectivity index (χ3n) is 3.70. The molecule has 1 amide bonds. The number of carbonyl (C=O) groups is 1. The van der Waals surface area contributed by atoms with Crippen LogP contribution in [0.2, 0.25) is 0 Å². The highest BCUT2D eigenvalue weighted by molar-refractivity contribution is 7.18. The second kappa shape index (κ2) is 6.41. The number of nitrogens with zero attached hydrogens (tertiary/aromatic N) is 3. The first-order chi connectivity index (χ1) is 9.56. The molecule has 0 aliphatic carbocycles. The molecule has 1 aromatic heterocycles. The van der Waals surface area contributed by atoms with Gasteiger partial charge in [-0.1, -0.05) is 11.3 Å². The van der Waals surface area contributed by atoms with Gasteiger partial charge >= 0.3 is 0 Å². The second-order valence-electron chi connectivity index (χ2n) is 4.95. The van der Waals surface area contributed by atoms with E-state index in [1.54, 1.807) is 7.11 Å². The summed E-state index contributed by atoms with van der Waals surface area (Å²) in [4.78, 5) is 21.2. The minimum absolute atomic E-state index is 0.00898. The van der Waals surface area contributed by atoms with Crippen LogP contribution in [-0.4, -0.2) is 55.7 Å². The van der Waals surface area contributed by atoms with Crippen molar-refractivity contribution in [2.45, 2.75) is 25.9 Å². The number of amides is 1. The highest BCUT2D eigenvalue weighted by atomic mass is 32.1. The van der Waals surface area contributed by atoms with Crippen molar-refractivity contribution in [2.75, 3.05) is 44.4 Å². The molecule has 1 aliphatic heterocycles. The molecule has 1 fully saturated rings. The van der Waals surface area contributed by atoms with Crippen molar-refractivity contribution >= 4 is 28.2 Å². The average Bonchev–Trinajstić information content (AvgIpc) is 2.87. The van der Waals surface area contributed by atoms with Gasteiger partial charge < -0.3 is 20.3 Å². The average molecular weight is 298 g/mol. The number of nitrogen functional groups attached to an aromatic ring is 1. The number of anilines is 2. The van der Waals surface area contributed by atoms with Gasteiger partial charge in [-0.05, 0) is 19.8 Å². The lowest BCUT2D eigenvalue weighted by Gasteiger charge is -2.30. The SMILES string of the molecule is CCN(C)c1nc(N)c(C(=O)N2CCC(OC)CC2)s1. The minimum atomic E-state index is -0.00898. The van der Waals surface area contributed by atoms with Crippen molar-refractivity contribution in [3.05, 3.63) is 4.88 Å².